The molecule has 0 bridgehead atoms. The lowest BCUT2D eigenvalue weighted by molar-refractivity contribution is 0.397. The van der Waals surface area contributed by atoms with Gasteiger partial charge in [-0.1, -0.05) is 22.0 Å². The molecule has 5 nitrogen and oxygen atoms in total. The zero-order chi connectivity index (χ0) is 14.1. The number of anilines is 1. The minimum absolute atomic E-state index is 0.494. The first kappa shape index (κ1) is 12.9. The molecule has 2 N–H and O–H groups in total. The number of nitrogen functional groups attached to an aromatic ring is 1. The van der Waals surface area contributed by atoms with Gasteiger partial charge < -0.3 is 15.0 Å². The van der Waals surface area contributed by atoms with Crippen LogP contribution in [0.4, 0.5) is 5.95 Å². The van der Waals surface area contributed by atoms with Crippen LogP contribution in [0.25, 0.3) is 11.0 Å². The molecule has 0 atom stereocenters. The average Bonchev–Trinajstić information content (AvgIpc) is 2.75. The third-order valence-corrected chi connectivity index (χ3v) is 3.58. The minimum atomic E-state index is 0.494. The molecule has 3 aromatic rings. The van der Waals surface area contributed by atoms with Gasteiger partial charge in [-0.15, -0.1) is 0 Å². The van der Waals surface area contributed by atoms with E-state index in [2.05, 4.69) is 25.9 Å². The predicted octanol–water partition coefficient (Wildman–Crippen LogP) is 2.83. The minimum Gasteiger partial charge on any atom is -0.481 e. The van der Waals surface area contributed by atoms with E-state index >= 15 is 0 Å². The number of hydrogen-bond acceptors (Lipinski definition) is 4. The Kier molecular flexibility index (Phi) is 3.31. The lowest BCUT2D eigenvalue weighted by Gasteiger charge is -2.07. The van der Waals surface area contributed by atoms with E-state index in [-0.39, 0.29) is 0 Å². The molecule has 0 fully saturated rings. The van der Waals surface area contributed by atoms with E-state index in [0.29, 0.717) is 18.4 Å². The summed E-state index contributed by atoms with van der Waals surface area (Å²) in [7, 11) is 1.60. The van der Waals surface area contributed by atoms with Gasteiger partial charge in [0.15, 0.2) is 0 Å². The number of fused-ring (bicyclic) bond motifs is 1. The first-order chi connectivity index (χ1) is 9.67. The highest BCUT2D eigenvalue weighted by Gasteiger charge is 2.09. The Bertz CT molecular complexity index is 752. The number of nitrogens with zero attached hydrogens (tertiary/aromatic N) is 3. The van der Waals surface area contributed by atoms with Crippen LogP contribution in [0.5, 0.6) is 5.88 Å². The number of methoxy groups -OCH3 is 1. The van der Waals surface area contributed by atoms with Crippen molar-refractivity contribution in [3.63, 3.8) is 0 Å². The van der Waals surface area contributed by atoms with Crippen LogP contribution in [-0.2, 0) is 6.54 Å². The highest BCUT2D eigenvalue weighted by Crippen LogP contribution is 2.23. The maximum atomic E-state index is 6.00. The Balaban J connectivity index is 1.99. The molecule has 0 aliphatic rings. The highest BCUT2D eigenvalue weighted by molar-refractivity contribution is 9.10. The third kappa shape index (κ3) is 2.34. The lowest BCUT2D eigenvalue weighted by atomic mass is 10.2. The second-order valence-electron chi connectivity index (χ2n) is 4.40. The molecule has 0 radical (unpaired) electrons. The number of ether oxygens (including phenoxy) is 1. The van der Waals surface area contributed by atoms with Crippen LogP contribution in [0.3, 0.4) is 0 Å². The summed E-state index contributed by atoms with van der Waals surface area (Å²) in [5.74, 6) is 1.09. The van der Waals surface area contributed by atoms with Crippen LogP contribution >= 0.6 is 15.9 Å². The Labute approximate surface area is 124 Å². The Hall–Kier alpha value is -2.08. The fourth-order valence-electron chi connectivity index (χ4n) is 2.10. The average molecular weight is 333 g/mol. The van der Waals surface area contributed by atoms with Crippen LogP contribution in [0.15, 0.2) is 41.0 Å². The molecular formula is C14H13BrN4O. The third-order valence-electron chi connectivity index (χ3n) is 3.09. The van der Waals surface area contributed by atoms with Crippen molar-refractivity contribution in [3.8, 4) is 5.88 Å². The van der Waals surface area contributed by atoms with Crippen molar-refractivity contribution in [3.05, 3.63) is 46.6 Å². The van der Waals surface area contributed by atoms with E-state index in [1.807, 2.05) is 34.9 Å². The SMILES string of the molecule is COc1ccc(Cn2c(N)nc3cc(Br)ccc32)cn1. The summed E-state index contributed by atoms with van der Waals surface area (Å²) in [5, 5.41) is 0. The van der Waals surface area contributed by atoms with E-state index < -0.39 is 0 Å². The molecule has 0 saturated carbocycles. The molecule has 0 unspecified atom stereocenters. The molecule has 102 valence electrons. The number of rotatable bonds is 3. The standard InChI is InChI=1S/C14H13BrN4O/c1-20-13-5-2-9(7-17-13)8-19-12-4-3-10(15)6-11(12)18-14(19)16/h2-7H,8H2,1H3,(H2,16,18). The number of aromatic nitrogens is 3. The van der Waals surface area contributed by atoms with Crippen molar-refractivity contribution in [2.75, 3.05) is 12.8 Å². The van der Waals surface area contributed by atoms with Gasteiger partial charge in [0.25, 0.3) is 0 Å². The Morgan fingerprint density at radius 1 is 1.30 bits per heavy atom. The summed E-state index contributed by atoms with van der Waals surface area (Å²) in [5.41, 5.74) is 8.92. The molecule has 0 amide bonds. The van der Waals surface area contributed by atoms with Gasteiger partial charge in [0.2, 0.25) is 11.8 Å². The second-order valence-corrected chi connectivity index (χ2v) is 5.31. The Morgan fingerprint density at radius 2 is 2.15 bits per heavy atom. The molecule has 0 aliphatic carbocycles. The maximum Gasteiger partial charge on any atom is 0.212 e. The molecule has 20 heavy (non-hydrogen) atoms. The van der Waals surface area contributed by atoms with Crippen LogP contribution in [0.2, 0.25) is 0 Å². The van der Waals surface area contributed by atoms with E-state index in [0.717, 1.165) is 21.1 Å². The first-order valence-electron chi connectivity index (χ1n) is 6.07. The number of nitrogens with two attached hydrogens (primary N) is 1. The summed E-state index contributed by atoms with van der Waals surface area (Å²) >= 11 is 3.43. The lowest BCUT2D eigenvalue weighted by Crippen LogP contribution is -2.05. The fourth-order valence-corrected chi connectivity index (χ4v) is 2.44. The quantitative estimate of drug-likeness (QED) is 0.800. The number of pyridine rings is 1. The first-order valence-corrected chi connectivity index (χ1v) is 6.87. The number of halogens is 1. The smallest absolute Gasteiger partial charge is 0.212 e. The van der Waals surface area contributed by atoms with Crippen LogP contribution in [0, 0.1) is 0 Å². The summed E-state index contributed by atoms with van der Waals surface area (Å²) in [6.07, 6.45) is 1.78. The molecule has 2 aromatic heterocycles. The van der Waals surface area contributed by atoms with Crippen molar-refractivity contribution in [2.24, 2.45) is 0 Å². The van der Waals surface area contributed by atoms with Crippen molar-refractivity contribution in [1.82, 2.24) is 14.5 Å². The summed E-state index contributed by atoms with van der Waals surface area (Å²) < 4.78 is 8.00. The number of imidazole rings is 1. The van der Waals surface area contributed by atoms with Crippen molar-refractivity contribution >= 4 is 32.9 Å². The highest BCUT2D eigenvalue weighted by atomic mass is 79.9. The Morgan fingerprint density at radius 3 is 2.85 bits per heavy atom. The molecule has 6 heteroatoms. The zero-order valence-corrected chi connectivity index (χ0v) is 12.5. The van der Waals surface area contributed by atoms with Crippen LogP contribution in [0.1, 0.15) is 5.56 Å². The summed E-state index contributed by atoms with van der Waals surface area (Å²) in [6.45, 7) is 0.626. The zero-order valence-electron chi connectivity index (χ0n) is 10.9. The summed E-state index contributed by atoms with van der Waals surface area (Å²) in [4.78, 5) is 8.57. The van der Waals surface area contributed by atoms with Gasteiger partial charge in [-0.25, -0.2) is 9.97 Å². The van der Waals surface area contributed by atoms with Gasteiger partial charge in [-0.2, -0.15) is 0 Å². The molecule has 2 heterocycles. The normalized spacial score (nSPS) is 10.9. The van der Waals surface area contributed by atoms with E-state index in [4.69, 9.17) is 10.5 Å². The number of hydrogen-bond donors (Lipinski definition) is 1. The van der Waals surface area contributed by atoms with Crippen molar-refractivity contribution in [1.29, 1.82) is 0 Å². The summed E-state index contributed by atoms with van der Waals surface area (Å²) in [6, 6.07) is 9.73. The fraction of sp³-hybridized carbons (Fsp3) is 0.143. The topological polar surface area (TPSA) is 66.0 Å². The molecule has 1 aromatic carbocycles. The van der Waals surface area contributed by atoms with E-state index in [9.17, 15) is 0 Å². The molecule has 0 spiro atoms. The van der Waals surface area contributed by atoms with Gasteiger partial charge >= 0.3 is 0 Å². The molecular weight excluding hydrogens is 320 g/mol. The molecule has 0 aliphatic heterocycles. The largest absolute Gasteiger partial charge is 0.481 e. The van der Waals surface area contributed by atoms with Gasteiger partial charge in [-0.05, 0) is 23.8 Å². The van der Waals surface area contributed by atoms with Crippen LogP contribution < -0.4 is 10.5 Å². The molecule has 3 rings (SSSR count). The van der Waals surface area contributed by atoms with Crippen LogP contribution in [-0.4, -0.2) is 21.6 Å². The monoisotopic (exact) mass is 332 g/mol. The van der Waals surface area contributed by atoms with E-state index in [1.165, 1.54) is 0 Å². The molecule has 0 saturated heterocycles. The van der Waals surface area contributed by atoms with Gasteiger partial charge in [-0.3, -0.25) is 0 Å². The van der Waals surface area contributed by atoms with E-state index in [1.54, 1.807) is 13.3 Å². The predicted molar refractivity (Wildman–Crippen MR) is 81.7 cm³/mol. The maximum absolute atomic E-state index is 6.00. The number of benzene rings is 1. The van der Waals surface area contributed by atoms with Gasteiger partial charge in [0.05, 0.1) is 24.7 Å². The van der Waals surface area contributed by atoms with Gasteiger partial charge in [0.1, 0.15) is 0 Å². The second kappa shape index (κ2) is 5.13. The van der Waals surface area contributed by atoms with Gasteiger partial charge in [0, 0.05) is 16.7 Å². The van der Waals surface area contributed by atoms with Crippen molar-refractivity contribution < 1.29 is 4.74 Å². The van der Waals surface area contributed by atoms with Crippen molar-refractivity contribution in [2.45, 2.75) is 6.54 Å².